The van der Waals surface area contributed by atoms with Gasteiger partial charge in [0.25, 0.3) is 11.8 Å². The summed E-state index contributed by atoms with van der Waals surface area (Å²) in [7, 11) is 0. The molecule has 41 heavy (non-hydrogen) atoms. The summed E-state index contributed by atoms with van der Waals surface area (Å²) in [5.74, 6) is -0.287. The number of anilines is 1. The first kappa shape index (κ1) is 25.7. The summed E-state index contributed by atoms with van der Waals surface area (Å²) in [6, 6.07) is 21.6. The van der Waals surface area contributed by atoms with Crippen LogP contribution in [0.1, 0.15) is 74.6 Å². The summed E-state index contributed by atoms with van der Waals surface area (Å²) in [4.78, 5) is 55.8. The maximum atomic E-state index is 13.0. The molecule has 1 unspecified atom stereocenters. The molecule has 0 spiro atoms. The van der Waals surface area contributed by atoms with E-state index in [4.69, 9.17) is 0 Å². The summed E-state index contributed by atoms with van der Waals surface area (Å²) in [5.41, 5.74) is 6.92. The van der Waals surface area contributed by atoms with Gasteiger partial charge in [0, 0.05) is 36.3 Å². The van der Waals surface area contributed by atoms with Gasteiger partial charge in [-0.1, -0.05) is 42.5 Å². The Balaban J connectivity index is 0.971. The molecule has 7 rings (SSSR count). The molecule has 0 radical (unpaired) electrons. The summed E-state index contributed by atoms with van der Waals surface area (Å²) >= 11 is 0. The molecule has 4 aliphatic heterocycles. The van der Waals surface area contributed by atoms with Crippen LogP contribution in [0.2, 0.25) is 0 Å². The lowest BCUT2D eigenvalue weighted by Crippen LogP contribution is -2.52. The van der Waals surface area contributed by atoms with Gasteiger partial charge in [-0.15, -0.1) is 0 Å². The van der Waals surface area contributed by atoms with E-state index >= 15 is 0 Å². The second kappa shape index (κ2) is 10.3. The van der Waals surface area contributed by atoms with Crippen LogP contribution in [0, 0.1) is 0 Å². The van der Waals surface area contributed by atoms with E-state index in [0.717, 1.165) is 54.9 Å². The minimum atomic E-state index is -0.585. The molecule has 2 saturated heterocycles. The maximum absolute atomic E-state index is 13.0. The Morgan fingerprint density at radius 2 is 1.49 bits per heavy atom. The van der Waals surface area contributed by atoms with Crippen molar-refractivity contribution in [2.24, 2.45) is 0 Å². The average molecular weight is 549 g/mol. The monoisotopic (exact) mass is 548 g/mol. The topological polar surface area (TPSA) is 90.0 Å². The van der Waals surface area contributed by atoms with Crippen LogP contribution in [0.5, 0.6) is 0 Å². The number of fused-ring (bicyclic) bond motifs is 2. The molecule has 0 aliphatic carbocycles. The van der Waals surface area contributed by atoms with Crippen molar-refractivity contribution in [1.82, 2.24) is 15.1 Å². The van der Waals surface area contributed by atoms with E-state index in [-0.39, 0.29) is 30.0 Å². The molecule has 1 atom stereocenters. The molecule has 0 bridgehead atoms. The first-order chi connectivity index (χ1) is 19.9. The van der Waals surface area contributed by atoms with Gasteiger partial charge in [0.2, 0.25) is 11.8 Å². The largest absolute Gasteiger partial charge is 0.322 e. The molecule has 8 heteroatoms. The quantitative estimate of drug-likeness (QED) is 0.487. The smallest absolute Gasteiger partial charge is 0.258 e. The number of imide groups is 1. The highest BCUT2D eigenvalue weighted by Crippen LogP contribution is 2.34. The number of amides is 4. The van der Waals surface area contributed by atoms with Crippen molar-refractivity contribution in [2.45, 2.75) is 57.3 Å². The number of para-hydroxylation sites is 1. The number of piperidine rings is 2. The van der Waals surface area contributed by atoms with Gasteiger partial charge >= 0.3 is 0 Å². The van der Waals surface area contributed by atoms with E-state index in [1.165, 1.54) is 11.1 Å². The molecule has 1 N–H and O–H groups in total. The Morgan fingerprint density at radius 3 is 2.27 bits per heavy atom. The lowest BCUT2D eigenvalue weighted by Gasteiger charge is -2.32. The number of nitrogens with zero attached hydrogens (tertiary/aromatic N) is 3. The summed E-state index contributed by atoms with van der Waals surface area (Å²) in [6.45, 7) is 3.84. The second-order valence-electron chi connectivity index (χ2n) is 11.6. The second-order valence-corrected chi connectivity index (χ2v) is 11.6. The predicted octanol–water partition coefficient (Wildman–Crippen LogP) is 3.99. The van der Waals surface area contributed by atoms with Crippen LogP contribution in [0.25, 0.3) is 0 Å². The van der Waals surface area contributed by atoms with Gasteiger partial charge in [-0.2, -0.15) is 0 Å². The first-order valence-electron chi connectivity index (χ1n) is 14.4. The van der Waals surface area contributed by atoms with Crippen LogP contribution in [0.4, 0.5) is 5.69 Å². The van der Waals surface area contributed by atoms with Crippen LogP contribution >= 0.6 is 0 Å². The molecule has 3 aromatic rings. The van der Waals surface area contributed by atoms with E-state index in [0.29, 0.717) is 31.0 Å². The minimum absolute atomic E-state index is 0.0647. The fraction of sp³-hybridized carbons (Fsp3) is 0.333. The molecule has 3 aromatic carbocycles. The summed E-state index contributed by atoms with van der Waals surface area (Å²) < 4.78 is 0. The molecule has 2 fully saturated rings. The van der Waals surface area contributed by atoms with Crippen LogP contribution in [0.3, 0.4) is 0 Å². The first-order valence-corrected chi connectivity index (χ1v) is 14.4. The molecule has 4 aliphatic rings. The number of benzene rings is 3. The van der Waals surface area contributed by atoms with Gasteiger partial charge in [0.1, 0.15) is 6.04 Å². The molecule has 0 saturated carbocycles. The Bertz CT molecular complexity index is 1560. The zero-order chi connectivity index (χ0) is 28.1. The van der Waals surface area contributed by atoms with E-state index < -0.39 is 6.04 Å². The van der Waals surface area contributed by atoms with Gasteiger partial charge in [-0.3, -0.25) is 29.4 Å². The highest BCUT2D eigenvalue weighted by Gasteiger charge is 2.39. The Hall–Kier alpha value is -4.30. The number of carbonyl (C=O) groups is 4. The zero-order valence-electron chi connectivity index (χ0n) is 22.8. The fourth-order valence-corrected chi connectivity index (χ4v) is 6.82. The lowest BCUT2D eigenvalue weighted by atomic mass is 9.87. The SMILES string of the molecule is O=C1CCC(N2Cc3cc(C4CCN(Cc5ccc6c(c5)CN(c5ccccc5)C6=O)CC4)ccc3C2=O)C(=O)N1. The van der Waals surface area contributed by atoms with Crippen molar-refractivity contribution < 1.29 is 19.2 Å². The Labute approximate surface area is 238 Å². The Morgan fingerprint density at radius 1 is 0.756 bits per heavy atom. The van der Waals surface area contributed by atoms with Gasteiger partial charge in [-0.25, -0.2) is 0 Å². The number of likely N-dealkylation sites (tertiary alicyclic amines) is 1. The summed E-state index contributed by atoms with van der Waals surface area (Å²) in [5, 5.41) is 2.37. The number of nitrogens with one attached hydrogen (secondary N) is 1. The van der Waals surface area contributed by atoms with Gasteiger partial charge in [-0.05, 0) is 84.8 Å². The van der Waals surface area contributed by atoms with E-state index in [9.17, 15) is 19.2 Å². The lowest BCUT2D eigenvalue weighted by molar-refractivity contribution is -0.136. The van der Waals surface area contributed by atoms with Crippen LogP contribution in [-0.4, -0.2) is 52.6 Å². The third kappa shape index (κ3) is 4.72. The van der Waals surface area contributed by atoms with Crippen LogP contribution < -0.4 is 10.2 Å². The standard InChI is InChI=1S/C33H32N4O4/c38-30-11-10-29(31(39)34-30)37-20-25-17-23(7-9-28(25)33(37)41)22-12-14-35(15-13-22)18-21-6-8-27-24(16-21)19-36(32(27)40)26-4-2-1-3-5-26/h1-9,16-17,22,29H,10-15,18-20H2,(H,34,38,39). The molecule has 8 nitrogen and oxygen atoms in total. The van der Waals surface area contributed by atoms with Crippen molar-refractivity contribution in [3.63, 3.8) is 0 Å². The number of hydrogen-bond acceptors (Lipinski definition) is 5. The highest BCUT2D eigenvalue weighted by atomic mass is 16.2. The molecule has 208 valence electrons. The van der Waals surface area contributed by atoms with Crippen molar-refractivity contribution >= 4 is 29.3 Å². The number of rotatable bonds is 5. The van der Waals surface area contributed by atoms with E-state index in [1.807, 2.05) is 47.4 Å². The molecule has 4 heterocycles. The van der Waals surface area contributed by atoms with Crippen LogP contribution in [-0.2, 0) is 29.2 Å². The number of carbonyl (C=O) groups excluding carboxylic acids is 4. The normalized spacial score (nSPS) is 21.3. The van der Waals surface area contributed by atoms with Crippen molar-refractivity contribution in [3.8, 4) is 0 Å². The third-order valence-corrected chi connectivity index (χ3v) is 9.05. The van der Waals surface area contributed by atoms with Gasteiger partial charge in [0.15, 0.2) is 0 Å². The summed E-state index contributed by atoms with van der Waals surface area (Å²) in [6.07, 6.45) is 2.71. The maximum Gasteiger partial charge on any atom is 0.258 e. The van der Waals surface area contributed by atoms with Crippen LogP contribution in [0.15, 0.2) is 66.7 Å². The van der Waals surface area contributed by atoms with Crippen molar-refractivity contribution in [3.05, 3.63) is 100 Å². The van der Waals surface area contributed by atoms with E-state index in [2.05, 4.69) is 34.5 Å². The van der Waals surface area contributed by atoms with Gasteiger partial charge < -0.3 is 9.80 Å². The molecule has 0 aromatic heterocycles. The molecular weight excluding hydrogens is 516 g/mol. The number of hydrogen-bond donors (Lipinski definition) is 1. The van der Waals surface area contributed by atoms with E-state index in [1.54, 1.807) is 4.90 Å². The third-order valence-electron chi connectivity index (χ3n) is 9.05. The van der Waals surface area contributed by atoms with Crippen molar-refractivity contribution in [1.29, 1.82) is 0 Å². The molecular formula is C33H32N4O4. The fourth-order valence-electron chi connectivity index (χ4n) is 6.82. The van der Waals surface area contributed by atoms with Crippen molar-refractivity contribution in [2.75, 3.05) is 18.0 Å². The average Bonchev–Trinajstić information content (AvgIpc) is 3.49. The van der Waals surface area contributed by atoms with Gasteiger partial charge in [0.05, 0.1) is 6.54 Å². The highest BCUT2D eigenvalue weighted by molar-refractivity contribution is 6.10. The predicted molar refractivity (Wildman–Crippen MR) is 153 cm³/mol. The minimum Gasteiger partial charge on any atom is -0.322 e. The zero-order valence-corrected chi connectivity index (χ0v) is 22.8. The molecule has 4 amide bonds. The Kier molecular flexibility index (Phi) is 6.43.